The Morgan fingerprint density at radius 1 is 1.21 bits per heavy atom. The number of thioether (sulfide) groups is 1. The van der Waals surface area contributed by atoms with Gasteiger partial charge in [0, 0.05) is 20.0 Å². The lowest BCUT2D eigenvalue weighted by atomic mass is 10.2. The summed E-state index contributed by atoms with van der Waals surface area (Å²) >= 11 is 1.49. The number of hydrogen-bond donors (Lipinski definition) is 2. The summed E-state index contributed by atoms with van der Waals surface area (Å²) in [6.45, 7) is 0.0944. The number of benzene rings is 1. The van der Waals surface area contributed by atoms with Crippen molar-refractivity contribution in [2.45, 2.75) is 25.4 Å². The van der Waals surface area contributed by atoms with E-state index in [1.165, 1.54) is 11.8 Å². The van der Waals surface area contributed by atoms with Gasteiger partial charge in [-0.1, -0.05) is 30.3 Å². The number of alkyl carbamates (subject to hydrolysis) is 1. The summed E-state index contributed by atoms with van der Waals surface area (Å²) in [6, 6.07) is 8.17. The number of ether oxygens (including phenoxy) is 3. The standard InChI is InChI=1S/C16H23NO6S/c1-21-14(22-2)11-24-9-8-13(15(18)19)17-16(20)23-10-12-6-4-3-5-7-12/h3-7,13-14H,8-11H2,1-2H3,(H,17,20)(H,18,19). The van der Waals surface area contributed by atoms with Crippen LogP contribution in [0, 0.1) is 0 Å². The summed E-state index contributed by atoms with van der Waals surface area (Å²) in [6.07, 6.45) is -0.800. The minimum absolute atomic E-state index is 0.0944. The predicted octanol–water partition coefficient (Wildman–Crippen LogP) is 2.11. The Labute approximate surface area is 145 Å². The minimum Gasteiger partial charge on any atom is -0.480 e. The van der Waals surface area contributed by atoms with Crippen molar-refractivity contribution in [3.63, 3.8) is 0 Å². The van der Waals surface area contributed by atoms with Gasteiger partial charge in [-0.05, 0) is 17.7 Å². The third-order valence-corrected chi connectivity index (χ3v) is 4.17. The zero-order valence-corrected chi connectivity index (χ0v) is 14.6. The number of carbonyl (C=O) groups excluding carboxylic acids is 1. The summed E-state index contributed by atoms with van der Waals surface area (Å²) in [7, 11) is 3.08. The quantitative estimate of drug-likeness (QED) is 0.463. The molecule has 0 bridgehead atoms. The van der Waals surface area contributed by atoms with Crippen LogP contribution in [-0.4, -0.2) is 55.2 Å². The molecule has 1 rings (SSSR count). The SMILES string of the molecule is COC(CSCCC(NC(=O)OCc1ccccc1)C(=O)O)OC. The van der Waals surface area contributed by atoms with Crippen LogP contribution >= 0.6 is 11.8 Å². The van der Waals surface area contributed by atoms with Crippen LogP contribution in [0.5, 0.6) is 0 Å². The van der Waals surface area contributed by atoms with E-state index < -0.39 is 18.1 Å². The fraction of sp³-hybridized carbons (Fsp3) is 0.500. The Balaban J connectivity index is 2.31. The Morgan fingerprint density at radius 2 is 1.88 bits per heavy atom. The molecule has 1 unspecified atom stereocenters. The fourth-order valence-corrected chi connectivity index (χ4v) is 2.81. The van der Waals surface area contributed by atoms with E-state index in [-0.39, 0.29) is 19.3 Å². The molecular formula is C16H23NO6S. The van der Waals surface area contributed by atoms with Gasteiger partial charge in [-0.3, -0.25) is 0 Å². The van der Waals surface area contributed by atoms with Crippen molar-refractivity contribution in [3.05, 3.63) is 35.9 Å². The number of methoxy groups -OCH3 is 2. The first kappa shape index (κ1) is 20.3. The van der Waals surface area contributed by atoms with Crippen LogP contribution in [0.3, 0.4) is 0 Å². The number of nitrogens with one attached hydrogen (secondary N) is 1. The Hall–Kier alpha value is -1.77. The smallest absolute Gasteiger partial charge is 0.408 e. The van der Waals surface area contributed by atoms with E-state index >= 15 is 0 Å². The predicted molar refractivity (Wildman–Crippen MR) is 90.9 cm³/mol. The first-order chi connectivity index (χ1) is 11.6. The molecule has 0 heterocycles. The van der Waals surface area contributed by atoms with Crippen molar-refractivity contribution >= 4 is 23.8 Å². The summed E-state index contributed by atoms with van der Waals surface area (Å²) in [5.74, 6) is 0.0269. The van der Waals surface area contributed by atoms with Gasteiger partial charge in [0.05, 0.1) is 0 Å². The molecule has 1 aromatic rings. The molecule has 0 saturated carbocycles. The van der Waals surface area contributed by atoms with E-state index in [0.717, 1.165) is 5.56 Å². The van der Waals surface area contributed by atoms with Gasteiger partial charge in [0.1, 0.15) is 12.6 Å². The summed E-state index contributed by atoms with van der Waals surface area (Å²) in [5.41, 5.74) is 0.834. The van der Waals surface area contributed by atoms with E-state index in [9.17, 15) is 14.7 Å². The number of amides is 1. The largest absolute Gasteiger partial charge is 0.480 e. The van der Waals surface area contributed by atoms with Gasteiger partial charge < -0.3 is 24.6 Å². The average Bonchev–Trinajstić information content (AvgIpc) is 2.59. The van der Waals surface area contributed by atoms with E-state index in [1.807, 2.05) is 30.3 Å². The lowest BCUT2D eigenvalue weighted by Gasteiger charge is -2.16. The second-order valence-electron chi connectivity index (χ2n) is 4.86. The van der Waals surface area contributed by atoms with Crippen LogP contribution < -0.4 is 5.32 Å². The van der Waals surface area contributed by atoms with E-state index in [0.29, 0.717) is 11.5 Å². The van der Waals surface area contributed by atoms with Crippen LogP contribution in [-0.2, 0) is 25.6 Å². The van der Waals surface area contributed by atoms with Crippen molar-refractivity contribution in [1.29, 1.82) is 0 Å². The first-order valence-corrected chi connectivity index (χ1v) is 8.55. The molecule has 1 atom stereocenters. The number of rotatable bonds is 11. The molecule has 7 nitrogen and oxygen atoms in total. The Morgan fingerprint density at radius 3 is 2.46 bits per heavy atom. The highest BCUT2D eigenvalue weighted by atomic mass is 32.2. The van der Waals surface area contributed by atoms with Gasteiger partial charge >= 0.3 is 12.1 Å². The van der Waals surface area contributed by atoms with E-state index in [2.05, 4.69) is 5.32 Å². The van der Waals surface area contributed by atoms with Crippen molar-refractivity contribution in [2.75, 3.05) is 25.7 Å². The molecule has 0 spiro atoms. The maximum absolute atomic E-state index is 11.7. The molecule has 2 N–H and O–H groups in total. The summed E-state index contributed by atoms with van der Waals surface area (Å²) < 4.78 is 15.1. The summed E-state index contributed by atoms with van der Waals surface area (Å²) in [4.78, 5) is 22.9. The van der Waals surface area contributed by atoms with Gasteiger partial charge in [0.15, 0.2) is 6.29 Å². The molecule has 0 aliphatic rings. The molecule has 0 saturated heterocycles. The topological polar surface area (TPSA) is 94.1 Å². The maximum atomic E-state index is 11.7. The lowest BCUT2D eigenvalue weighted by molar-refractivity contribution is -0.139. The number of carboxylic acids is 1. The average molecular weight is 357 g/mol. The number of carboxylic acid groups (broad SMARTS) is 1. The highest BCUT2D eigenvalue weighted by Crippen LogP contribution is 2.10. The monoisotopic (exact) mass is 357 g/mol. The van der Waals surface area contributed by atoms with Crippen molar-refractivity contribution in [1.82, 2.24) is 5.32 Å². The van der Waals surface area contributed by atoms with Crippen LogP contribution in [0.1, 0.15) is 12.0 Å². The third-order valence-electron chi connectivity index (χ3n) is 3.13. The minimum atomic E-state index is -1.10. The molecule has 24 heavy (non-hydrogen) atoms. The van der Waals surface area contributed by atoms with Crippen molar-refractivity contribution < 1.29 is 28.9 Å². The van der Waals surface area contributed by atoms with Crippen molar-refractivity contribution in [2.24, 2.45) is 0 Å². The van der Waals surface area contributed by atoms with Gasteiger partial charge in [-0.25, -0.2) is 9.59 Å². The third kappa shape index (κ3) is 8.19. The van der Waals surface area contributed by atoms with Crippen LogP contribution in [0.2, 0.25) is 0 Å². The van der Waals surface area contributed by atoms with E-state index in [1.54, 1.807) is 14.2 Å². The molecule has 8 heteroatoms. The molecule has 0 radical (unpaired) electrons. The zero-order chi connectivity index (χ0) is 17.8. The molecule has 1 aromatic carbocycles. The van der Waals surface area contributed by atoms with Gasteiger partial charge in [0.2, 0.25) is 0 Å². The van der Waals surface area contributed by atoms with Gasteiger partial charge in [-0.2, -0.15) is 11.8 Å². The highest BCUT2D eigenvalue weighted by molar-refractivity contribution is 7.99. The molecule has 1 amide bonds. The number of aliphatic carboxylic acids is 1. The number of hydrogen-bond acceptors (Lipinski definition) is 6. The lowest BCUT2D eigenvalue weighted by Crippen LogP contribution is -2.41. The maximum Gasteiger partial charge on any atom is 0.408 e. The molecule has 0 aliphatic carbocycles. The van der Waals surface area contributed by atoms with Crippen LogP contribution in [0.4, 0.5) is 4.79 Å². The molecule has 134 valence electrons. The van der Waals surface area contributed by atoms with Crippen LogP contribution in [0.25, 0.3) is 0 Å². The molecular weight excluding hydrogens is 334 g/mol. The zero-order valence-electron chi connectivity index (χ0n) is 13.8. The normalized spacial score (nSPS) is 12.0. The van der Waals surface area contributed by atoms with Gasteiger partial charge in [0.25, 0.3) is 0 Å². The second kappa shape index (κ2) is 11.7. The molecule has 0 aromatic heterocycles. The van der Waals surface area contributed by atoms with E-state index in [4.69, 9.17) is 14.2 Å². The van der Waals surface area contributed by atoms with Crippen molar-refractivity contribution in [3.8, 4) is 0 Å². The molecule has 0 aliphatic heterocycles. The Bertz CT molecular complexity index is 495. The summed E-state index contributed by atoms with van der Waals surface area (Å²) in [5, 5.41) is 11.5. The highest BCUT2D eigenvalue weighted by Gasteiger charge is 2.20. The van der Waals surface area contributed by atoms with Gasteiger partial charge in [-0.15, -0.1) is 0 Å². The Kier molecular flexibility index (Phi) is 9.90. The second-order valence-corrected chi connectivity index (χ2v) is 6.01. The first-order valence-electron chi connectivity index (χ1n) is 7.40. The fourth-order valence-electron chi connectivity index (χ4n) is 1.78. The molecule has 0 fully saturated rings. The number of carbonyl (C=O) groups is 2. The van der Waals surface area contributed by atoms with Crippen LogP contribution in [0.15, 0.2) is 30.3 Å².